The molecule has 1 N–H and O–H groups in total. The third-order valence-corrected chi connectivity index (χ3v) is 5.07. The molecule has 1 fully saturated rings. The van der Waals surface area contributed by atoms with Crippen molar-refractivity contribution in [2.75, 3.05) is 6.54 Å². The van der Waals surface area contributed by atoms with Gasteiger partial charge in [0.2, 0.25) is 5.91 Å². The van der Waals surface area contributed by atoms with Crippen LogP contribution in [0.15, 0.2) is 53.4 Å². The second-order valence-electron chi connectivity index (χ2n) is 6.44. The van der Waals surface area contributed by atoms with Crippen molar-refractivity contribution < 1.29 is 14.4 Å². The number of rotatable bonds is 5. The fourth-order valence-electron chi connectivity index (χ4n) is 2.56. The largest absolute Gasteiger partial charge is 0.350 e. The van der Waals surface area contributed by atoms with Gasteiger partial charge in [-0.1, -0.05) is 59.7 Å². The number of carbonyl (C=O) groups excluding carboxylic acids is 3. The third-order valence-electron chi connectivity index (χ3n) is 4.16. The van der Waals surface area contributed by atoms with Crippen molar-refractivity contribution >= 4 is 34.9 Å². The van der Waals surface area contributed by atoms with E-state index >= 15 is 0 Å². The first-order valence-corrected chi connectivity index (χ1v) is 9.38. The van der Waals surface area contributed by atoms with E-state index in [1.54, 1.807) is 6.08 Å². The maximum absolute atomic E-state index is 12.5. The Morgan fingerprint density at radius 3 is 2.22 bits per heavy atom. The summed E-state index contributed by atoms with van der Waals surface area (Å²) >= 11 is 0.857. The highest BCUT2D eigenvalue weighted by atomic mass is 32.2. The monoisotopic (exact) mass is 380 g/mol. The summed E-state index contributed by atoms with van der Waals surface area (Å²) in [7, 11) is 0. The van der Waals surface area contributed by atoms with E-state index in [1.807, 2.05) is 62.4 Å². The van der Waals surface area contributed by atoms with Crippen LogP contribution in [0, 0.1) is 13.8 Å². The first kappa shape index (κ1) is 18.9. The SMILES string of the molecule is Cc1ccc(/C=C2\SC(=O)N(CC(=O)NCc3ccc(C)cc3)C2=O)cc1. The lowest BCUT2D eigenvalue weighted by Gasteiger charge is -2.12. The Morgan fingerprint density at radius 1 is 1.00 bits per heavy atom. The highest BCUT2D eigenvalue weighted by Crippen LogP contribution is 2.31. The molecule has 2 aromatic rings. The van der Waals surface area contributed by atoms with Crippen LogP contribution in [0.5, 0.6) is 0 Å². The van der Waals surface area contributed by atoms with E-state index in [-0.39, 0.29) is 12.5 Å². The van der Waals surface area contributed by atoms with Gasteiger partial charge in [0.25, 0.3) is 11.1 Å². The smallest absolute Gasteiger partial charge is 0.294 e. The van der Waals surface area contributed by atoms with Gasteiger partial charge in [0, 0.05) is 6.54 Å². The maximum atomic E-state index is 12.5. The quantitative estimate of drug-likeness (QED) is 0.804. The molecule has 138 valence electrons. The molecule has 0 aromatic heterocycles. The second-order valence-corrected chi connectivity index (χ2v) is 7.43. The molecule has 0 bridgehead atoms. The van der Waals surface area contributed by atoms with Gasteiger partial charge >= 0.3 is 0 Å². The summed E-state index contributed by atoms with van der Waals surface area (Å²) in [6, 6.07) is 15.4. The molecule has 1 aliphatic rings. The van der Waals surface area contributed by atoms with Crippen molar-refractivity contribution in [3.8, 4) is 0 Å². The molecule has 6 heteroatoms. The predicted octanol–water partition coefficient (Wildman–Crippen LogP) is 3.66. The van der Waals surface area contributed by atoms with E-state index in [4.69, 9.17) is 0 Å². The van der Waals surface area contributed by atoms with E-state index in [2.05, 4.69) is 5.32 Å². The standard InChI is InChI=1S/C21H20N2O3S/c1-14-3-7-16(8-4-14)11-18-20(25)23(21(26)27-18)13-19(24)22-12-17-9-5-15(2)6-10-17/h3-11H,12-13H2,1-2H3,(H,22,24)/b18-11-. The minimum atomic E-state index is -0.434. The molecule has 27 heavy (non-hydrogen) atoms. The molecule has 1 aliphatic heterocycles. The number of amides is 3. The molecule has 0 aliphatic carbocycles. The number of aryl methyl sites for hydroxylation is 2. The average molecular weight is 380 g/mol. The molecule has 1 saturated heterocycles. The van der Waals surface area contributed by atoms with Crippen molar-refractivity contribution in [1.29, 1.82) is 0 Å². The molecule has 5 nitrogen and oxygen atoms in total. The van der Waals surface area contributed by atoms with E-state index < -0.39 is 11.1 Å². The fraction of sp³-hybridized carbons (Fsp3) is 0.190. The lowest BCUT2D eigenvalue weighted by atomic mass is 10.1. The lowest BCUT2D eigenvalue weighted by molar-refractivity contribution is -0.129. The molecular weight excluding hydrogens is 360 g/mol. The second kappa shape index (κ2) is 8.22. The van der Waals surface area contributed by atoms with E-state index in [0.717, 1.165) is 38.9 Å². The summed E-state index contributed by atoms with van der Waals surface area (Å²) in [5.41, 5.74) is 4.06. The van der Waals surface area contributed by atoms with Crippen LogP contribution < -0.4 is 5.32 Å². The summed E-state index contributed by atoms with van der Waals surface area (Å²) < 4.78 is 0. The van der Waals surface area contributed by atoms with Gasteiger partial charge < -0.3 is 5.32 Å². The molecule has 2 aromatic carbocycles. The van der Waals surface area contributed by atoms with Gasteiger partial charge in [0.1, 0.15) is 6.54 Å². The van der Waals surface area contributed by atoms with Crippen LogP contribution in [0.1, 0.15) is 22.3 Å². The van der Waals surface area contributed by atoms with Gasteiger partial charge in [0.15, 0.2) is 0 Å². The number of hydrogen-bond donors (Lipinski definition) is 1. The molecule has 3 rings (SSSR count). The van der Waals surface area contributed by atoms with Gasteiger partial charge in [-0.05, 0) is 42.8 Å². The van der Waals surface area contributed by atoms with Crippen molar-refractivity contribution in [3.05, 3.63) is 75.7 Å². The van der Waals surface area contributed by atoms with Crippen LogP contribution in [0.2, 0.25) is 0 Å². The first-order valence-electron chi connectivity index (χ1n) is 8.56. The molecule has 0 radical (unpaired) electrons. The van der Waals surface area contributed by atoms with Crippen LogP contribution >= 0.6 is 11.8 Å². The van der Waals surface area contributed by atoms with Crippen LogP contribution in [0.4, 0.5) is 4.79 Å². The van der Waals surface area contributed by atoms with Crippen molar-refractivity contribution in [2.45, 2.75) is 20.4 Å². The Bertz CT molecular complexity index is 902. The summed E-state index contributed by atoms with van der Waals surface area (Å²) in [5.74, 6) is -0.800. The normalized spacial score (nSPS) is 15.5. The number of hydrogen-bond acceptors (Lipinski definition) is 4. The van der Waals surface area contributed by atoms with Crippen LogP contribution in [0.25, 0.3) is 6.08 Å². The number of nitrogens with zero attached hydrogens (tertiary/aromatic N) is 1. The Labute approximate surface area is 162 Å². The molecular formula is C21H20N2O3S. The van der Waals surface area contributed by atoms with Crippen LogP contribution in [0.3, 0.4) is 0 Å². The van der Waals surface area contributed by atoms with Crippen molar-refractivity contribution in [3.63, 3.8) is 0 Å². The highest BCUT2D eigenvalue weighted by molar-refractivity contribution is 8.18. The topological polar surface area (TPSA) is 66.5 Å². The molecule has 0 unspecified atom stereocenters. The van der Waals surface area contributed by atoms with Gasteiger partial charge in [0.05, 0.1) is 4.91 Å². The van der Waals surface area contributed by atoms with Crippen LogP contribution in [-0.2, 0) is 16.1 Å². The number of carbonyl (C=O) groups is 3. The van der Waals surface area contributed by atoms with Crippen molar-refractivity contribution in [2.24, 2.45) is 0 Å². The summed E-state index contributed by atoms with van der Waals surface area (Å²) in [4.78, 5) is 38.1. The van der Waals surface area contributed by atoms with Crippen molar-refractivity contribution in [1.82, 2.24) is 10.2 Å². The highest BCUT2D eigenvalue weighted by Gasteiger charge is 2.36. The van der Waals surface area contributed by atoms with Crippen LogP contribution in [-0.4, -0.2) is 28.5 Å². The molecule has 0 saturated carbocycles. The average Bonchev–Trinajstić information content (AvgIpc) is 2.90. The number of imide groups is 1. The molecule has 0 spiro atoms. The number of thioether (sulfide) groups is 1. The van der Waals surface area contributed by atoms with E-state index in [1.165, 1.54) is 0 Å². The summed E-state index contributed by atoms with van der Waals surface area (Å²) in [6.45, 7) is 4.05. The van der Waals surface area contributed by atoms with Gasteiger partial charge in [-0.3, -0.25) is 19.3 Å². The minimum absolute atomic E-state index is 0.276. The number of benzene rings is 2. The maximum Gasteiger partial charge on any atom is 0.294 e. The minimum Gasteiger partial charge on any atom is -0.350 e. The molecule has 3 amide bonds. The Hall–Kier alpha value is -2.86. The molecule has 1 heterocycles. The van der Waals surface area contributed by atoms with E-state index in [0.29, 0.717) is 11.4 Å². The Morgan fingerprint density at radius 2 is 1.59 bits per heavy atom. The predicted molar refractivity (Wildman–Crippen MR) is 107 cm³/mol. The zero-order chi connectivity index (χ0) is 19.4. The fourth-order valence-corrected chi connectivity index (χ4v) is 3.39. The summed E-state index contributed by atoms with van der Waals surface area (Å²) in [6.07, 6.45) is 1.68. The lowest BCUT2D eigenvalue weighted by Crippen LogP contribution is -2.39. The Balaban J connectivity index is 1.60. The first-order chi connectivity index (χ1) is 12.9. The third kappa shape index (κ3) is 4.86. The zero-order valence-electron chi connectivity index (χ0n) is 15.2. The Kier molecular flexibility index (Phi) is 5.76. The molecule has 0 atom stereocenters. The summed E-state index contributed by atoms with van der Waals surface area (Å²) in [5, 5.41) is 2.32. The van der Waals surface area contributed by atoms with E-state index in [9.17, 15) is 14.4 Å². The van der Waals surface area contributed by atoms with Gasteiger partial charge in [-0.15, -0.1) is 0 Å². The number of nitrogens with one attached hydrogen (secondary N) is 1. The van der Waals surface area contributed by atoms with Gasteiger partial charge in [-0.25, -0.2) is 0 Å². The zero-order valence-corrected chi connectivity index (χ0v) is 16.0. The van der Waals surface area contributed by atoms with Gasteiger partial charge in [-0.2, -0.15) is 0 Å².